The summed E-state index contributed by atoms with van der Waals surface area (Å²) in [6.07, 6.45) is 0.733. The van der Waals surface area contributed by atoms with E-state index >= 15 is 0 Å². The summed E-state index contributed by atoms with van der Waals surface area (Å²) in [5.74, 6) is -0.585. The maximum Gasteiger partial charge on any atom is 0.352 e. The Morgan fingerprint density at radius 3 is 2.82 bits per heavy atom. The van der Waals surface area contributed by atoms with Gasteiger partial charge in [-0.05, 0) is 13.3 Å². The number of aromatic nitrogens is 4. The Morgan fingerprint density at radius 1 is 1.53 bits per heavy atom. The van der Waals surface area contributed by atoms with Gasteiger partial charge < -0.3 is 5.11 Å². The summed E-state index contributed by atoms with van der Waals surface area (Å²) in [5, 5.41) is 12.6. The molecule has 2 aromatic heterocycles. The van der Waals surface area contributed by atoms with Gasteiger partial charge in [0.1, 0.15) is 12.4 Å². The highest BCUT2D eigenvalue weighted by molar-refractivity contribution is 5.66. The Morgan fingerprint density at radius 2 is 2.24 bits per heavy atom. The Bertz CT molecular complexity index is 641. The topological polar surface area (TPSA) is 89.5 Å². The van der Waals surface area contributed by atoms with Crippen molar-refractivity contribution in [3.05, 3.63) is 28.1 Å². The highest BCUT2D eigenvalue weighted by Crippen LogP contribution is 2.04. The number of aryl methyl sites for hydroxylation is 2. The summed E-state index contributed by atoms with van der Waals surface area (Å²) in [5.41, 5.74) is 0.776. The summed E-state index contributed by atoms with van der Waals surface area (Å²) >= 11 is 0. The van der Waals surface area contributed by atoms with E-state index in [1.807, 2.05) is 6.92 Å². The summed E-state index contributed by atoms with van der Waals surface area (Å²) in [6, 6.07) is 1.69. The van der Waals surface area contributed by atoms with Crippen molar-refractivity contribution in [2.45, 2.75) is 26.8 Å². The number of hydrogen-bond acceptors (Lipinski definition) is 4. The molecule has 90 valence electrons. The van der Waals surface area contributed by atoms with Crippen LogP contribution in [0.2, 0.25) is 0 Å². The van der Waals surface area contributed by atoms with Gasteiger partial charge in [-0.2, -0.15) is 0 Å². The molecule has 0 spiro atoms. The third-order valence-corrected chi connectivity index (χ3v) is 2.44. The molecule has 2 heterocycles. The molecule has 0 aliphatic heterocycles. The van der Waals surface area contributed by atoms with Gasteiger partial charge >= 0.3 is 11.7 Å². The van der Waals surface area contributed by atoms with E-state index in [4.69, 9.17) is 5.11 Å². The largest absolute Gasteiger partial charge is 0.480 e. The lowest BCUT2D eigenvalue weighted by Crippen LogP contribution is -2.25. The number of hydrogen-bond donors (Lipinski definition) is 1. The molecule has 1 N–H and O–H groups in total. The molecule has 2 aromatic rings. The normalized spacial score (nSPS) is 10.9. The van der Waals surface area contributed by atoms with E-state index in [2.05, 4.69) is 10.1 Å². The van der Waals surface area contributed by atoms with E-state index in [9.17, 15) is 9.59 Å². The fourth-order valence-electron chi connectivity index (χ4n) is 1.67. The second-order valence-electron chi connectivity index (χ2n) is 3.68. The van der Waals surface area contributed by atoms with Gasteiger partial charge in [-0.25, -0.2) is 18.9 Å². The maximum atomic E-state index is 11.8. The molecule has 0 saturated heterocycles. The average Bonchev–Trinajstić information content (AvgIpc) is 2.55. The van der Waals surface area contributed by atoms with Crippen LogP contribution in [0, 0.1) is 6.92 Å². The second kappa shape index (κ2) is 4.00. The van der Waals surface area contributed by atoms with Crippen LogP contribution in [-0.4, -0.2) is 30.2 Å². The number of carbonyl (C=O) groups is 1. The molecule has 0 amide bonds. The van der Waals surface area contributed by atoms with Crippen LogP contribution in [0.3, 0.4) is 0 Å². The highest BCUT2D eigenvalue weighted by Gasteiger charge is 2.12. The van der Waals surface area contributed by atoms with E-state index < -0.39 is 18.2 Å². The quantitative estimate of drug-likeness (QED) is 0.800. The number of fused-ring (bicyclic) bond motifs is 1. The number of carboxylic acid groups (broad SMARTS) is 1. The number of nitrogens with zero attached hydrogens (tertiary/aromatic N) is 4. The van der Waals surface area contributed by atoms with Crippen molar-refractivity contribution in [2.75, 3.05) is 0 Å². The highest BCUT2D eigenvalue weighted by atomic mass is 16.4. The number of aliphatic carboxylic acids is 1. The van der Waals surface area contributed by atoms with Crippen molar-refractivity contribution in [3.63, 3.8) is 0 Å². The van der Waals surface area contributed by atoms with Gasteiger partial charge in [0, 0.05) is 11.8 Å². The van der Waals surface area contributed by atoms with Crippen LogP contribution in [0.5, 0.6) is 0 Å². The van der Waals surface area contributed by atoms with Gasteiger partial charge in [-0.3, -0.25) is 4.79 Å². The number of carboxylic acids is 1. The molecule has 0 bridgehead atoms. The van der Waals surface area contributed by atoms with Crippen molar-refractivity contribution in [2.24, 2.45) is 0 Å². The predicted molar refractivity (Wildman–Crippen MR) is 59.0 cm³/mol. The molecule has 0 saturated carbocycles. The monoisotopic (exact) mass is 236 g/mol. The Labute approximate surface area is 96.3 Å². The van der Waals surface area contributed by atoms with Gasteiger partial charge in [0.15, 0.2) is 5.65 Å². The standard InChI is InChI=1S/C10H12N4O3/c1-3-7-4-8-12-13(5-9(15)16)10(17)14(8)6(2)11-7/h4H,3,5H2,1-2H3,(H,15,16). The van der Waals surface area contributed by atoms with E-state index in [0.29, 0.717) is 11.5 Å². The minimum atomic E-state index is -1.10. The van der Waals surface area contributed by atoms with Crippen LogP contribution in [0.15, 0.2) is 10.9 Å². The third kappa shape index (κ3) is 1.91. The summed E-state index contributed by atoms with van der Waals surface area (Å²) in [6.45, 7) is 3.20. The first-order valence-electron chi connectivity index (χ1n) is 5.20. The van der Waals surface area contributed by atoms with Gasteiger partial charge in [0.25, 0.3) is 0 Å². The Hall–Kier alpha value is -2.18. The summed E-state index contributed by atoms with van der Waals surface area (Å²) < 4.78 is 2.23. The SMILES string of the molecule is CCc1cc2nn(CC(=O)O)c(=O)n2c(C)n1. The van der Waals surface area contributed by atoms with Gasteiger partial charge in [0.05, 0.1) is 0 Å². The van der Waals surface area contributed by atoms with Gasteiger partial charge in [-0.1, -0.05) is 6.92 Å². The van der Waals surface area contributed by atoms with Crippen molar-refractivity contribution in [1.82, 2.24) is 19.2 Å². The van der Waals surface area contributed by atoms with Crippen LogP contribution >= 0.6 is 0 Å². The molecule has 0 radical (unpaired) electrons. The van der Waals surface area contributed by atoms with Crippen LogP contribution in [0.1, 0.15) is 18.4 Å². The zero-order valence-corrected chi connectivity index (χ0v) is 9.54. The Balaban J connectivity index is 2.69. The molecule has 0 aliphatic rings. The fraction of sp³-hybridized carbons (Fsp3) is 0.400. The average molecular weight is 236 g/mol. The molecule has 0 atom stereocenters. The van der Waals surface area contributed by atoms with Crippen LogP contribution < -0.4 is 5.69 Å². The second-order valence-corrected chi connectivity index (χ2v) is 3.68. The molecule has 7 heteroatoms. The predicted octanol–water partition coefficient (Wildman–Crippen LogP) is -0.154. The lowest BCUT2D eigenvalue weighted by Gasteiger charge is -1.99. The van der Waals surface area contributed by atoms with Gasteiger partial charge in [-0.15, -0.1) is 5.10 Å². The Kier molecular flexibility index (Phi) is 2.66. The van der Waals surface area contributed by atoms with Crippen LogP contribution in [0.4, 0.5) is 0 Å². The molecule has 7 nitrogen and oxygen atoms in total. The fourth-order valence-corrected chi connectivity index (χ4v) is 1.67. The molecule has 0 unspecified atom stereocenters. The van der Waals surface area contributed by atoms with E-state index in [-0.39, 0.29) is 0 Å². The van der Waals surface area contributed by atoms with Crippen molar-refractivity contribution in [3.8, 4) is 0 Å². The molecule has 0 fully saturated rings. The zero-order valence-electron chi connectivity index (χ0n) is 9.54. The minimum absolute atomic E-state index is 0.431. The molecule has 2 rings (SSSR count). The van der Waals surface area contributed by atoms with Crippen molar-refractivity contribution >= 4 is 11.6 Å². The summed E-state index contributed by atoms with van der Waals surface area (Å²) in [4.78, 5) is 26.7. The molecule has 17 heavy (non-hydrogen) atoms. The first-order valence-corrected chi connectivity index (χ1v) is 5.20. The van der Waals surface area contributed by atoms with E-state index in [1.54, 1.807) is 13.0 Å². The lowest BCUT2D eigenvalue weighted by atomic mass is 10.3. The summed E-state index contributed by atoms with van der Waals surface area (Å²) in [7, 11) is 0. The first kappa shape index (κ1) is 11.3. The maximum absolute atomic E-state index is 11.8. The molecule has 0 aromatic carbocycles. The van der Waals surface area contributed by atoms with Crippen molar-refractivity contribution in [1.29, 1.82) is 0 Å². The number of rotatable bonds is 3. The van der Waals surface area contributed by atoms with E-state index in [1.165, 1.54) is 4.40 Å². The zero-order chi connectivity index (χ0) is 12.6. The molecule has 0 aliphatic carbocycles. The van der Waals surface area contributed by atoms with Gasteiger partial charge in [0.2, 0.25) is 0 Å². The van der Waals surface area contributed by atoms with Crippen LogP contribution in [-0.2, 0) is 17.8 Å². The smallest absolute Gasteiger partial charge is 0.352 e. The first-order chi connectivity index (χ1) is 8.02. The van der Waals surface area contributed by atoms with E-state index in [0.717, 1.165) is 16.8 Å². The third-order valence-electron chi connectivity index (χ3n) is 2.44. The van der Waals surface area contributed by atoms with Crippen LogP contribution in [0.25, 0.3) is 5.65 Å². The van der Waals surface area contributed by atoms with Crippen molar-refractivity contribution < 1.29 is 9.90 Å². The lowest BCUT2D eigenvalue weighted by molar-refractivity contribution is -0.137. The molecular weight excluding hydrogens is 224 g/mol. The minimum Gasteiger partial charge on any atom is -0.480 e. The molecular formula is C10H12N4O3.